The Bertz CT molecular complexity index is 704. The van der Waals surface area contributed by atoms with Gasteiger partial charge in [-0.1, -0.05) is 29.8 Å². The molecule has 0 amide bonds. The van der Waals surface area contributed by atoms with Crippen molar-refractivity contribution in [1.82, 2.24) is 4.98 Å². The number of rotatable bonds is 5. The molecule has 0 radical (unpaired) electrons. The number of hydrogen-bond donors (Lipinski definition) is 0. The quantitative estimate of drug-likeness (QED) is 0.621. The number of aromatic nitrogens is 1. The van der Waals surface area contributed by atoms with E-state index in [1.807, 2.05) is 0 Å². The van der Waals surface area contributed by atoms with Crippen molar-refractivity contribution in [2.24, 2.45) is 0 Å². The molecule has 0 aliphatic heterocycles. The molecular weight excluding hydrogens is 272 g/mol. The second-order valence-electron chi connectivity index (χ2n) is 4.61. The van der Waals surface area contributed by atoms with Crippen LogP contribution in [0.15, 0.2) is 48.7 Å². The van der Waals surface area contributed by atoms with Gasteiger partial charge in [0.25, 0.3) is 0 Å². The van der Waals surface area contributed by atoms with Crippen LogP contribution in [-0.2, 0) is 0 Å². The third-order valence-corrected chi connectivity index (χ3v) is 3.30. The number of quaternary nitrogens is 1. The Kier molecular flexibility index (Phi) is 2.79. The molecule has 4 heteroatoms. The van der Waals surface area contributed by atoms with E-state index in [-0.39, 0.29) is 6.42 Å². The summed E-state index contributed by atoms with van der Waals surface area (Å²) in [6, 6.07) is 12.1. The minimum atomic E-state index is -3.21. The normalized spacial score (nSPS) is 18.9. The lowest BCUT2D eigenvalue weighted by Gasteiger charge is -2.35. The van der Waals surface area contributed by atoms with Gasteiger partial charge >= 0.3 is 0 Å². The van der Waals surface area contributed by atoms with Gasteiger partial charge in [0.15, 0.2) is 0 Å². The van der Waals surface area contributed by atoms with Crippen LogP contribution in [0.2, 0.25) is 5.02 Å². The number of halogens is 1. The van der Waals surface area contributed by atoms with E-state index in [4.69, 9.17) is 19.8 Å². The largest absolute Gasteiger partial charge is 0.633 e. The van der Waals surface area contributed by atoms with Gasteiger partial charge in [0.05, 0.1) is 28.7 Å². The van der Waals surface area contributed by atoms with Gasteiger partial charge in [-0.05, 0) is 29.8 Å². The van der Waals surface area contributed by atoms with Gasteiger partial charge in [-0.2, -0.15) is 0 Å². The molecule has 1 heterocycles. The summed E-state index contributed by atoms with van der Waals surface area (Å²) < 4.78 is 42.3. The first-order chi connectivity index (χ1) is 12.0. The molecule has 1 aromatic carbocycles. The predicted octanol–water partition coefficient (Wildman–Crippen LogP) is 3.83. The highest BCUT2D eigenvalue weighted by Crippen LogP contribution is 2.28. The molecule has 106 valence electrons. The molecule has 2 rings (SSSR count). The monoisotopic (exact) mass is 296 g/mol. The Balaban J connectivity index is 2.37. The van der Waals surface area contributed by atoms with Crippen molar-refractivity contribution >= 4 is 11.6 Å². The Labute approximate surface area is 133 Å². The van der Waals surface area contributed by atoms with E-state index in [2.05, 4.69) is 4.98 Å². The highest BCUT2D eigenvalue weighted by molar-refractivity contribution is 6.30. The van der Waals surface area contributed by atoms with Crippen LogP contribution in [0.4, 0.5) is 0 Å². The summed E-state index contributed by atoms with van der Waals surface area (Å²) in [6.07, 6.45) is 1.60. The van der Waals surface area contributed by atoms with Crippen LogP contribution in [0.3, 0.4) is 0 Å². The average Bonchev–Trinajstić information content (AvgIpc) is 2.55. The summed E-state index contributed by atoms with van der Waals surface area (Å²) in [5, 5.41) is 13.3. The van der Waals surface area contributed by atoms with Crippen LogP contribution < -0.4 is 0 Å². The molecule has 1 aromatic heterocycles. The molecule has 0 N–H and O–H groups in total. The number of nitrogens with zero attached hydrogens (tertiary/aromatic N) is 2. The lowest BCUT2D eigenvalue weighted by atomic mass is 9.92. The van der Waals surface area contributed by atoms with Crippen molar-refractivity contribution in [2.75, 3.05) is 20.5 Å². The zero-order valence-corrected chi connectivity index (χ0v) is 11.5. The van der Waals surface area contributed by atoms with E-state index in [9.17, 15) is 5.21 Å². The van der Waals surface area contributed by atoms with Crippen LogP contribution in [0.5, 0.6) is 0 Å². The molecule has 3 nitrogen and oxygen atoms in total. The van der Waals surface area contributed by atoms with Gasteiger partial charge in [-0.25, -0.2) is 0 Å². The molecule has 20 heavy (non-hydrogen) atoms. The molecule has 0 saturated heterocycles. The number of benzene rings is 1. The summed E-state index contributed by atoms with van der Waals surface area (Å²) in [5.41, 5.74) is 1.40. The molecular formula is C16H19ClN2O. The van der Waals surface area contributed by atoms with Crippen molar-refractivity contribution in [2.45, 2.75) is 12.3 Å². The Hall–Kier alpha value is -1.42. The first-order valence-corrected chi connectivity index (χ1v) is 6.59. The van der Waals surface area contributed by atoms with E-state index >= 15 is 0 Å². The molecule has 0 spiro atoms. The number of hydroxylamine groups is 3. The van der Waals surface area contributed by atoms with E-state index in [1.54, 1.807) is 48.7 Å². The standard InChI is InChI=1S/C16H19ClN2O/c1-19(2,20)12-10-15(16-5-3-4-11-18-16)13-6-8-14(17)9-7-13/h3-9,11,15H,10,12H2,1-2H3/i1D3,2D3. The summed E-state index contributed by atoms with van der Waals surface area (Å²) in [7, 11) is 0. The SMILES string of the molecule is [2H]C([2H])([2H])[N+]([O-])(CCC(c1ccc(Cl)cc1)c1ccccn1)C([2H])([2H])[2H]. The van der Waals surface area contributed by atoms with E-state index in [1.165, 1.54) is 0 Å². The fraction of sp³-hybridized carbons (Fsp3) is 0.312. The minimum absolute atomic E-state index is 0.0128. The summed E-state index contributed by atoms with van der Waals surface area (Å²) in [6.45, 7) is -7.02. The minimum Gasteiger partial charge on any atom is -0.633 e. The van der Waals surface area contributed by atoms with Crippen LogP contribution >= 0.6 is 11.6 Å². The third-order valence-electron chi connectivity index (χ3n) is 3.05. The van der Waals surface area contributed by atoms with Crippen molar-refractivity contribution in [3.8, 4) is 0 Å². The van der Waals surface area contributed by atoms with Gasteiger partial charge in [0.1, 0.15) is 0 Å². The number of hydrogen-bond acceptors (Lipinski definition) is 2. The molecule has 2 aromatic rings. The highest BCUT2D eigenvalue weighted by atomic mass is 35.5. The smallest absolute Gasteiger partial charge is 0.0890 e. The van der Waals surface area contributed by atoms with Crippen LogP contribution in [0.25, 0.3) is 0 Å². The Morgan fingerprint density at radius 1 is 1.25 bits per heavy atom. The zero-order chi connectivity index (χ0) is 19.6. The van der Waals surface area contributed by atoms with Crippen LogP contribution in [0.1, 0.15) is 31.8 Å². The van der Waals surface area contributed by atoms with Crippen LogP contribution in [-0.4, -0.2) is 30.1 Å². The molecule has 0 aliphatic carbocycles. The van der Waals surface area contributed by atoms with E-state index in [0.29, 0.717) is 10.7 Å². The van der Waals surface area contributed by atoms with E-state index < -0.39 is 31.1 Å². The Morgan fingerprint density at radius 2 is 2.00 bits per heavy atom. The molecule has 1 unspecified atom stereocenters. The maximum atomic E-state index is 12.7. The molecule has 0 bridgehead atoms. The fourth-order valence-corrected chi connectivity index (χ4v) is 2.20. The zero-order valence-electron chi connectivity index (χ0n) is 16.8. The first-order valence-electron chi connectivity index (χ1n) is 9.21. The lowest BCUT2D eigenvalue weighted by molar-refractivity contribution is -0.840. The second kappa shape index (κ2) is 6.35. The maximum Gasteiger partial charge on any atom is 0.0890 e. The van der Waals surface area contributed by atoms with Crippen molar-refractivity contribution < 1.29 is 12.9 Å². The van der Waals surface area contributed by atoms with Crippen molar-refractivity contribution in [1.29, 1.82) is 0 Å². The Morgan fingerprint density at radius 3 is 2.60 bits per heavy atom. The van der Waals surface area contributed by atoms with Gasteiger partial charge < -0.3 is 9.85 Å². The van der Waals surface area contributed by atoms with Gasteiger partial charge in [0.2, 0.25) is 0 Å². The number of pyridine rings is 1. The van der Waals surface area contributed by atoms with Gasteiger partial charge in [-0.15, -0.1) is 0 Å². The maximum absolute atomic E-state index is 12.7. The fourth-order valence-electron chi connectivity index (χ4n) is 2.07. The highest BCUT2D eigenvalue weighted by Gasteiger charge is 2.18. The molecule has 0 aliphatic rings. The van der Waals surface area contributed by atoms with Crippen molar-refractivity contribution in [3.05, 3.63) is 70.1 Å². The summed E-state index contributed by atoms with van der Waals surface area (Å²) in [4.78, 5) is 4.28. The topological polar surface area (TPSA) is 36.0 Å². The molecule has 0 fully saturated rings. The molecule has 0 saturated carbocycles. The summed E-state index contributed by atoms with van der Waals surface area (Å²) >= 11 is 5.91. The predicted molar refractivity (Wildman–Crippen MR) is 82.5 cm³/mol. The first kappa shape index (κ1) is 8.78. The van der Waals surface area contributed by atoms with Crippen LogP contribution in [0, 0.1) is 5.21 Å². The lowest BCUT2D eigenvalue weighted by Crippen LogP contribution is -2.34. The second-order valence-corrected chi connectivity index (χ2v) is 5.05. The summed E-state index contributed by atoms with van der Waals surface area (Å²) in [5.74, 6) is -0.426. The third kappa shape index (κ3) is 4.30. The van der Waals surface area contributed by atoms with Gasteiger partial charge in [-0.3, -0.25) is 4.98 Å². The van der Waals surface area contributed by atoms with E-state index in [0.717, 1.165) is 5.56 Å². The average molecular weight is 297 g/mol. The van der Waals surface area contributed by atoms with Crippen molar-refractivity contribution in [3.63, 3.8) is 0 Å². The van der Waals surface area contributed by atoms with Gasteiger partial charge in [0, 0.05) is 29.3 Å². The molecule has 1 atom stereocenters.